The first-order chi connectivity index (χ1) is 9.43. The summed E-state index contributed by atoms with van der Waals surface area (Å²) in [6.45, 7) is 4.49. The van der Waals surface area contributed by atoms with E-state index >= 15 is 0 Å². The number of halogens is 4. The topological polar surface area (TPSA) is 12.0 Å². The minimum absolute atomic E-state index is 0.0591. The van der Waals surface area contributed by atoms with Gasteiger partial charge < -0.3 is 5.32 Å². The molecule has 0 fully saturated rings. The van der Waals surface area contributed by atoms with Crippen LogP contribution >= 0.6 is 43.2 Å². The van der Waals surface area contributed by atoms with Crippen LogP contribution in [0.15, 0.2) is 26.5 Å². The van der Waals surface area contributed by atoms with E-state index < -0.39 is 17.7 Å². The largest absolute Gasteiger partial charge is 0.306 e. The van der Waals surface area contributed by atoms with E-state index in [1.165, 1.54) is 23.5 Å². The van der Waals surface area contributed by atoms with Gasteiger partial charge in [0.1, 0.15) is 11.6 Å². The van der Waals surface area contributed by atoms with Crippen LogP contribution < -0.4 is 5.32 Å². The third-order valence-electron chi connectivity index (χ3n) is 2.90. The van der Waals surface area contributed by atoms with Gasteiger partial charge in [-0.15, -0.1) is 11.3 Å². The molecule has 2 aromatic rings. The first-order valence-electron chi connectivity index (χ1n) is 6.07. The summed E-state index contributed by atoms with van der Waals surface area (Å²) < 4.78 is 29.7. The molecule has 0 bridgehead atoms. The van der Waals surface area contributed by atoms with Gasteiger partial charge >= 0.3 is 0 Å². The van der Waals surface area contributed by atoms with E-state index in [9.17, 15) is 8.78 Å². The summed E-state index contributed by atoms with van der Waals surface area (Å²) >= 11 is 8.04. The highest BCUT2D eigenvalue weighted by Crippen LogP contribution is 2.36. The Hall–Kier alpha value is -0.300. The highest BCUT2D eigenvalue weighted by molar-refractivity contribution is 9.11. The molecule has 0 aliphatic rings. The van der Waals surface area contributed by atoms with Crippen LogP contribution in [0.4, 0.5) is 8.78 Å². The fourth-order valence-electron chi connectivity index (χ4n) is 2.00. The lowest BCUT2D eigenvalue weighted by Gasteiger charge is -2.18. The van der Waals surface area contributed by atoms with Crippen LogP contribution in [-0.2, 0) is 0 Å². The maximum atomic E-state index is 14.2. The number of aryl methyl sites for hydroxylation is 1. The van der Waals surface area contributed by atoms with E-state index in [-0.39, 0.29) is 5.56 Å². The molecule has 1 aromatic heterocycles. The second kappa shape index (κ2) is 6.64. The van der Waals surface area contributed by atoms with Gasteiger partial charge in [0.25, 0.3) is 0 Å². The molecule has 0 spiro atoms. The lowest BCUT2D eigenvalue weighted by molar-refractivity contribution is 0.512. The van der Waals surface area contributed by atoms with Crippen molar-refractivity contribution in [3.8, 4) is 0 Å². The van der Waals surface area contributed by atoms with Crippen molar-refractivity contribution >= 4 is 43.2 Å². The molecule has 108 valence electrons. The average Bonchev–Trinajstić information content (AvgIpc) is 2.67. The van der Waals surface area contributed by atoms with Gasteiger partial charge in [0.2, 0.25) is 0 Å². The molecule has 1 nitrogen and oxygen atoms in total. The van der Waals surface area contributed by atoms with E-state index in [2.05, 4.69) is 37.2 Å². The Morgan fingerprint density at radius 1 is 1.20 bits per heavy atom. The molecule has 1 unspecified atom stereocenters. The number of nitrogens with one attached hydrogen (secondary N) is 1. The Balaban J connectivity index is 2.54. The summed E-state index contributed by atoms with van der Waals surface area (Å²) in [5, 5.41) is 3.15. The van der Waals surface area contributed by atoms with E-state index in [1.54, 1.807) is 0 Å². The zero-order valence-electron chi connectivity index (χ0n) is 10.9. The second-order valence-electron chi connectivity index (χ2n) is 4.38. The molecule has 0 radical (unpaired) electrons. The average molecular weight is 425 g/mol. The number of benzene rings is 1. The fraction of sp³-hybridized carbons (Fsp3) is 0.286. The smallest absolute Gasteiger partial charge is 0.132 e. The van der Waals surface area contributed by atoms with Gasteiger partial charge in [-0.2, -0.15) is 0 Å². The molecule has 1 aromatic carbocycles. The van der Waals surface area contributed by atoms with Crippen molar-refractivity contribution in [1.82, 2.24) is 5.32 Å². The molecule has 0 aliphatic carbocycles. The third-order valence-corrected chi connectivity index (χ3v) is 5.56. The fourth-order valence-corrected chi connectivity index (χ4v) is 4.06. The first-order valence-corrected chi connectivity index (χ1v) is 8.48. The summed E-state index contributed by atoms with van der Waals surface area (Å²) in [6.07, 6.45) is 0. The molecule has 1 heterocycles. The molecule has 0 saturated carbocycles. The summed E-state index contributed by atoms with van der Waals surface area (Å²) in [5.41, 5.74) is 1.12. The van der Waals surface area contributed by atoms with Gasteiger partial charge in [-0.3, -0.25) is 0 Å². The van der Waals surface area contributed by atoms with Gasteiger partial charge in [0.15, 0.2) is 0 Å². The highest BCUT2D eigenvalue weighted by Gasteiger charge is 2.24. The van der Waals surface area contributed by atoms with E-state index in [0.717, 1.165) is 14.2 Å². The lowest BCUT2D eigenvalue weighted by Crippen LogP contribution is -2.23. The molecular weight excluding hydrogens is 412 g/mol. The maximum absolute atomic E-state index is 14.2. The molecule has 0 saturated heterocycles. The van der Waals surface area contributed by atoms with E-state index in [0.29, 0.717) is 11.0 Å². The van der Waals surface area contributed by atoms with Crippen LogP contribution in [-0.4, -0.2) is 6.54 Å². The van der Waals surface area contributed by atoms with Gasteiger partial charge in [-0.1, -0.05) is 22.9 Å². The van der Waals surface area contributed by atoms with Crippen molar-refractivity contribution in [2.24, 2.45) is 0 Å². The molecule has 6 heteroatoms. The standard InChI is InChI=1S/C14H13Br2F2NS/c1-3-19-13(11-4-7(2)14(16)20-11)12-9(17)5-8(15)6-10(12)18/h4-6,13,19H,3H2,1-2H3. The third kappa shape index (κ3) is 3.30. The SMILES string of the molecule is CCNC(c1cc(C)c(Br)s1)c1c(F)cc(Br)cc1F. The van der Waals surface area contributed by atoms with E-state index in [1.807, 2.05) is 19.9 Å². The Kier molecular flexibility index (Phi) is 5.34. The number of rotatable bonds is 4. The summed E-state index contributed by atoms with van der Waals surface area (Å²) in [6, 6.07) is 4.04. The second-order valence-corrected chi connectivity index (χ2v) is 7.70. The van der Waals surface area contributed by atoms with Crippen molar-refractivity contribution in [3.63, 3.8) is 0 Å². The zero-order chi connectivity index (χ0) is 14.9. The minimum Gasteiger partial charge on any atom is -0.306 e. The zero-order valence-corrected chi connectivity index (χ0v) is 14.9. The molecule has 1 N–H and O–H groups in total. The van der Waals surface area contributed by atoms with Crippen molar-refractivity contribution in [1.29, 1.82) is 0 Å². The van der Waals surface area contributed by atoms with Crippen LogP contribution in [0.25, 0.3) is 0 Å². The Morgan fingerprint density at radius 2 is 1.80 bits per heavy atom. The van der Waals surface area contributed by atoms with Crippen molar-refractivity contribution < 1.29 is 8.78 Å². The Bertz CT molecular complexity index is 585. The number of hydrogen-bond donors (Lipinski definition) is 1. The monoisotopic (exact) mass is 423 g/mol. The number of thiophene rings is 1. The quantitative estimate of drug-likeness (QED) is 0.677. The van der Waals surface area contributed by atoms with E-state index in [4.69, 9.17) is 0 Å². The predicted molar refractivity (Wildman–Crippen MR) is 86.3 cm³/mol. The maximum Gasteiger partial charge on any atom is 0.132 e. The van der Waals surface area contributed by atoms with Gasteiger partial charge in [0, 0.05) is 14.9 Å². The van der Waals surface area contributed by atoms with Gasteiger partial charge in [0.05, 0.1) is 9.83 Å². The summed E-state index contributed by atoms with van der Waals surface area (Å²) in [4.78, 5) is 0.886. The normalized spacial score (nSPS) is 12.7. The lowest BCUT2D eigenvalue weighted by atomic mass is 10.0. The van der Waals surface area contributed by atoms with Crippen molar-refractivity contribution in [2.75, 3.05) is 6.54 Å². The van der Waals surface area contributed by atoms with Gasteiger partial charge in [-0.05, 0) is 53.2 Å². The minimum atomic E-state index is -0.551. The van der Waals surface area contributed by atoms with Crippen LogP contribution in [0.3, 0.4) is 0 Å². The van der Waals surface area contributed by atoms with Crippen molar-refractivity contribution in [2.45, 2.75) is 19.9 Å². The van der Waals surface area contributed by atoms with Crippen LogP contribution in [0.1, 0.15) is 29.0 Å². The number of hydrogen-bond acceptors (Lipinski definition) is 2. The van der Waals surface area contributed by atoms with Crippen LogP contribution in [0.5, 0.6) is 0 Å². The molecule has 2 rings (SSSR count). The Labute approximate surface area is 137 Å². The molecular formula is C14H13Br2F2NS. The van der Waals surface area contributed by atoms with Crippen LogP contribution in [0.2, 0.25) is 0 Å². The van der Waals surface area contributed by atoms with Gasteiger partial charge in [-0.25, -0.2) is 8.78 Å². The Morgan fingerprint density at radius 3 is 2.25 bits per heavy atom. The van der Waals surface area contributed by atoms with Crippen LogP contribution in [0, 0.1) is 18.6 Å². The molecule has 20 heavy (non-hydrogen) atoms. The summed E-state index contributed by atoms with van der Waals surface area (Å²) in [7, 11) is 0. The molecule has 0 aliphatic heterocycles. The molecule has 1 atom stereocenters. The summed E-state index contributed by atoms with van der Waals surface area (Å²) in [5.74, 6) is -1.10. The molecule has 0 amide bonds. The first kappa shape index (κ1) is 16.1. The highest BCUT2D eigenvalue weighted by atomic mass is 79.9. The van der Waals surface area contributed by atoms with Crippen molar-refractivity contribution in [3.05, 3.63) is 54.1 Å². The predicted octanol–water partition coefficient (Wildman–Crippen LogP) is 5.56.